The lowest BCUT2D eigenvalue weighted by Gasteiger charge is -2.30. The van der Waals surface area contributed by atoms with Gasteiger partial charge in [-0.3, -0.25) is 9.59 Å². The van der Waals surface area contributed by atoms with Gasteiger partial charge in [0, 0.05) is 49.6 Å². The first-order valence-corrected chi connectivity index (χ1v) is 16.8. The predicted molar refractivity (Wildman–Crippen MR) is 180 cm³/mol. The molecule has 4 aromatic rings. The molecule has 0 radical (unpaired) electrons. The van der Waals surface area contributed by atoms with Crippen LogP contribution in [0.4, 0.5) is 0 Å². The predicted octanol–water partition coefficient (Wildman–Crippen LogP) is 5.84. The van der Waals surface area contributed by atoms with Crippen LogP contribution in [0.2, 0.25) is 0 Å². The van der Waals surface area contributed by atoms with Crippen molar-refractivity contribution in [1.29, 1.82) is 0 Å². The molecule has 3 aliphatic rings. The number of likely N-dealkylation sites (tertiary alicyclic amines) is 1. The first kappa shape index (κ1) is 29.7. The van der Waals surface area contributed by atoms with Crippen LogP contribution in [0, 0.1) is 5.92 Å². The number of amides is 2. The van der Waals surface area contributed by atoms with Gasteiger partial charge in [-0.1, -0.05) is 91.0 Å². The Balaban J connectivity index is 1.07. The van der Waals surface area contributed by atoms with E-state index in [2.05, 4.69) is 87.2 Å². The molecule has 2 N–H and O–H groups in total. The average molecular weight is 601 g/mol. The SMILES string of the molecule is O=C(NCC[C@@H]1CCN(CC(c2ccccc2)c2ccccc2)C(=O)C2(CC2CN2CCCC2)N1)c1ccc2ccccc2c1. The van der Waals surface area contributed by atoms with Crippen molar-refractivity contribution in [3.8, 4) is 0 Å². The molecule has 4 aromatic carbocycles. The zero-order valence-electron chi connectivity index (χ0n) is 26.0. The lowest BCUT2D eigenvalue weighted by atomic mass is 9.90. The molecule has 2 unspecified atom stereocenters. The summed E-state index contributed by atoms with van der Waals surface area (Å²) in [5.41, 5.74) is 2.64. The summed E-state index contributed by atoms with van der Waals surface area (Å²) in [4.78, 5) is 32.3. The highest BCUT2D eigenvalue weighted by Gasteiger charge is 2.62. The van der Waals surface area contributed by atoms with E-state index in [0.29, 0.717) is 31.1 Å². The van der Waals surface area contributed by atoms with Crippen molar-refractivity contribution in [2.75, 3.05) is 39.3 Å². The van der Waals surface area contributed by atoms with Gasteiger partial charge in [0.05, 0.1) is 0 Å². The summed E-state index contributed by atoms with van der Waals surface area (Å²) in [5.74, 6) is 0.646. The molecule has 0 bridgehead atoms. The Labute approximate surface area is 266 Å². The second-order valence-corrected chi connectivity index (χ2v) is 13.2. The van der Waals surface area contributed by atoms with Gasteiger partial charge in [-0.05, 0) is 79.2 Å². The molecule has 2 aliphatic heterocycles. The molecule has 1 spiro atoms. The van der Waals surface area contributed by atoms with E-state index in [1.807, 2.05) is 36.4 Å². The minimum atomic E-state index is -0.510. The van der Waals surface area contributed by atoms with Gasteiger partial charge in [0.1, 0.15) is 5.54 Å². The molecule has 232 valence electrons. The summed E-state index contributed by atoms with van der Waals surface area (Å²) in [7, 11) is 0. The van der Waals surface area contributed by atoms with Crippen molar-refractivity contribution in [3.63, 3.8) is 0 Å². The van der Waals surface area contributed by atoms with Crippen molar-refractivity contribution in [2.45, 2.75) is 49.6 Å². The van der Waals surface area contributed by atoms with Crippen LogP contribution in [0.25, 0.3) is 10.8 Å². The molecule has 45 heavy (non-hydrogen) atoms. The monoisotopic (exact) mass is 600 g/mol. The van der Waals surface area contributed by atoms with Gasteiger partial charge >= 0.3 is 0 Å². The second kappa shape index (κ2) is 13.2. The summed E-state index contributed by atoms with van der Waals surface area (Å²) >= 11 is 0. The normalized spacial score (nSPS) is 23.5. The number of nitrogens with zero attached hydrogens (tertiary/aromatic N) is 2. The summed E-state index contributed by atoms with van der Waals surface area (Å²) in [5, 5.41) is 9.25. The van der Waals surface area contributed by atoms with E-state index in [4.69, 9.17) is 0 Å². The lowest BCUT2D eigenvalue weighted by molar-refractivity contribution is -0.134. The van der Waals surface area contributed by atoms with Crippen LogP contribution in [0.1, 0.15) is 59.5 Å². The number of rotatable bonds is 10. The van der Waals surface area contributed by atoms with Crippen LogP contribution in [-0.4, -0.2) is 72.5 Å². The first-order chi connectivity index (χ1) is 22.1. The van der Waals surface area contributed by atoms with Crippen molar-refractivity contribution in [1.82, 2.24) is 20.4 Å². The fraction of sp³-hybridized carbons (Fsp3) is 0.385. The van der Waals surface area contributed by atoms with E-state index < -0.39 is 5.54 Å². The molecule has 7 rings (SSSR count). The third kappa shape index (κ3) is 6.54. The highest BCUT2D eigenvalue weighted by molar-refractivity contribution is 5.98. The molecule has 1 aliphatic carbocycles. The number of benzene rings is 4. The molecule has 6 nitrogen and oxygen atoms in total. The molecular weight excluding hydrogens is 556 g/mol. The topological polar surface area (TPSA) is 64.7 Å². The van der Waals surface area contributed by atoms with Gasteiger partial charge in [0.15, 0.2) is 0 Å². The van der Waals surface area contributed by atoms with E-state index in [0.717, 1.165) is 49.7 Å². The van der Waals surface area contributed by atoms with Crippen LogP contribution >= 0.6 is 0 Å². The van der Waals surface area contributed by atoms with Crippen molar-refractivity contribution in [2.24, 2.45) is 5.92 Å². The zero-order valence-corrected chi connectivity index (χ0v) is 26.0. The van der Waals surface area contributed by atoms with Gasteiger partial charge in [0.25, 0.3) is 5.91 Å². The molecule has 2 amide bonds. The number of hydrogen-bond donors (Lipinski definition) is 2. The zero-order chi connectivity index (χ0) is 30.6. The minimum absolute atomic E-state index is 0.0475. The van der Waals surface area contributed by atoms with E-state index in [1.54, 1.807) is 0 Å². The Bertz CT molecular complexity index is 1580. The Morgan fingerprint density at radius 2 is 1.51 bits per heavy atom. The van der Waals surface area contributed by atoms with Gasteiger partial charge < -0.3 is 20.4 Å². The third-order valence-electron chi connectivity index (χ3n) is 10.3. The van der Waals surface area contributed by atoms with Crippen LogP contribution in [0.5, 0.6) is 0 Å². The fourth-order valence-corrected chi connectivity index (χ4v) is 7.64. The quantitative estimate of drug-likeness (QED) is 0.240. The summed E-state index contributed by atoms with van der Waals surface area (Å²) in [6, 6.07) is 35.3. The lowest BCUT2D eigenvalue weighted by Crippen LogP contribution is -2.51. The fourth-order valence-electron chi connectivity index (χ4n) is 7.64. The third-order valence-corrected chi connectivity index (χ3v) is 10.3. The van der Waals surface area contributed by atoms with Crippen LogP contribution in [-0.2, 0) is 4.79 Å². The Morgan fingerprint density at radius 1 is 0.844 bits per heavy atom. The Hall–Kier alpha value is -4.00. The number of carbonyl (C=O) groups is 2. The number of fused-ring (bicyclic) bond motifs is 1. The Morgan fingerprint density at radius 3 is 2.22 bits per heavy atom. The maximum absolute atomic E-state index is 14.5. The molecule has 6 heteroatoms. The molecule has 2 saturated heterocycles. The van der Waals surface area contributed by atoms with Crippen LogP contribution < -0.4 is 10.6 Å². The second-order valence-electron chi connectivity index (χ2n) is 13.2. The molecule has 3 fully saturated rings. The minimum Gasteiger partial charge on any atom is -0.352 e. The van der Waals surface area contributed by atoms with Crippen LogP contribution in [0.3, 0.4) is 0 Å². The van der Waals surface area contributed by atoms with E-state index >= 15 is 0 Å². The highest BCUT2D eigenvalue weighted by atomic mass is 16.2. The standard InChI is InChI=1S/C39H44N4O2/c44-37(33-18-17-29-11-7-8-16-32(29)25-33)40-21-19-35-20-24-43(38(45)39(41-35)26-34(39)27-42-22-9-10-23-42)28-36(30-12-3-1-4-13-30)31-14-5-2-6-15-31/h1-8,11-18,25,34-36,41H,9-10,19-24,26-28H2,(H,40,44)/t34?,35-,39?/m1/s1. The summed E-state index contributed by atoms with van der Waals surface area (Å²) in [6.07, 6.45) is 5.05. The number of carbonyl (C=O) groups excluding carboxylic acids is 2. The molecular formula is C39H44N4O2. The van der Waals surface area contributed by atoms with Crippen LogP contribution in [0.15, 0.2) is 103 Å². The smallest absolute Gasteiger partial charge is 0.251 e. The van der Waals surface area contributed by atoms with Gasteiger partial charge in [0.2, 0.25) is 5.91 Å². The highest BCUT2D eigenvalue weighted by Crippen LogP contribution is 2.48. The van der Waals surface area contributed by atoms with Crippen molar-refractivity contribution >= 4 is 22.6 Å². The molecule has 3 atom stereocenters. The van der Waals surface area contributed by atoms with Crippen molar-refractivity contribution in [3.05, 3.63) is 120 Å². The summed E-state index contributed by atoms with van der Waals surface area (Å²) in [6.45, 7) is 5.21. The molecule has 2 heterocycles. The number of nitrogens with one attached hydrogen (secondary N) is 2. The van der Waals surface area contributed by atoms with E-state index in [9.17, 15) is 9.59 Å². The van der Waals surface area contributed by atoms with Gasteiger partial charge in [-0.15, -0.1) is 0 Å². The largest absolute Gasteiger partial charge is 0.352 e. The maximum Gasteiger partial charge on any atom is 0.251 e. The van der Waals surface area contributed by atoms with Crippen molar-refractivity contribution < 1.29 is 9.59 Å². The maximum atomic E-state index is 14.5. The molecule has 1 saturated carbocycles. The average Bonchev–Trinajstić information content (AvgIpc) is 3.55. The summed E-state index contributed by atoms with van der Waals surface area (Å²) < 4.78 is 0. The van der Waals surface area contributed by atoms with Gasteiger partial charge in [-0.25, -0.2) is 0 Å². The van der Waals surface area contributed by atoms with E-state index in [-0.39, 0.29) is 23.8 Å². The molecule has 0 aromatic heterocycles. The van der Waals surface area contributed by atoms with Gasteiger partial charge in [-0.2, -0.15) is 0 Å². The van der Waals surface area contributed by atoms with E-state index in [1.165, 1.54) is 24.0 Å². The number of hydrogen-bond acceptors (Lipinski definition) is 4. The Kier molecular flexibility index (Phi) is 8.68. The first-order valence-electron chi connectivity index (χ1n) is 16.8.